The van der Waals surface area contributed by atoms with Gasteiger partial charge in [0.25, 0.3) is 5.91 Å². The number of anilines is 1. The number of hydrogen-bond donors (Lipinski definition) is 1. The maximum absolute atomic E-state index is 12.8. The minimum absolute atomic E-state index is 0.322. The molecule has 3 rings (SSSR count). The summed E-state index contributed by atoms with van der Waals surface area (Å²) in [6.07, 6.45) is 0.866. The number of amides is 2. The average molecular weight is 514 g/mol. The fourth-order valence-electron chi connectivity index (χ4n) is 3.55. The molecule has 0 saturated carbocycles. The van der Waals surface area contributed by atoms with Crippen LogP contribution in [0.2, 0.25) is 0 Å². The van der Waals surface area contributed by atoms with E-state index in [4.69, 9.17) is 28.3 Å². The van der Waals surface area contributed by atoms with Gasteiger partial charge < -0.3 is 28.8 Å². The zero-order valence-electron chi connectivity index (χ0n) is 21.9. The van der Waals surface area contributed by atoms with E-state index in [-0.39, 0.29) is 6.54 Å². The Morgan fingerprint density at radius 3 is 2.22 bits per heavy atom. The first-order valence-corrected chi connectivity index (χ1v) is 11.3. The summed E-state index contributed by atoms with van der Waals surface area (Å²) >= 11 is 0. The number of carbonyl (C=O) groups is 2. The molecule has 0 bridgehead atoms. The van der Waals surface area contributed by atoms with Gasteiger partial charge >= 0.3 is 6.09 Å². The first kappa shape index (κ1) is 27.3. The molecule has 1 aromatic heterocycles. The third kappa shape index (κ3) is 6.50. The Hall–Kier alpha value is -4.25. The van der Waals surface area contributed by atoms with E-state index < -0.39 is 17.6 Å². The summed E-state index contributed by atoms with van der Waals surface area (Å²) in [4.78, 5) is 30.0. The molecule has 198 valence electrons. The van der Waals surface area contributed by atoms with E-state index in [0.29, 0.717) is 45.4 Å². The summed E-state index contributed by atoms with van der Waals surface area (Å²) in [5.41, 5.74) is 1.77. The molecule has 1 heterocycles. The molecule has 0 aliphatic heterocycles. The Balaban J connectivity index is 1.89. The van der Waals surface area contributed by atoms with Crippen LogP contribution in [0, 0.1) is 0 Å². The quantitative estimate of drug-likeness (QED) is 0.414. The van der Waals surface area contributed by atoms with Crippen molar-refractivity contribution in [3.8, 4) is 39.7 Å². The van der Waals surface area contributed by atoms with E-state index >= 15 is 0 Å². The second kappa shape index (κ2) is 11.7. The number of ether oxygens (including phenoxy) is 4. The highest BCUT2D eigenvalue weighted by Gasteiger charge is 2.22. The summed E-state index contributed by atoms with van der Waals surface area (Å²) < 4.78 is 27.1. The monoisotopic (exact) mass is 513 g/mol. The maximum atomic E-state index is 12.8. The molecule has 0 saturated heterocycles. The van der Waals surface area contributed by atoms with Gasteiger partial charge in [-0.1, -0.05) is 17.3 Å². The predicted octanol–water partition coefficient (Wildman–Crippen LogP) is 4.45. The van der Waals surface area contributed by atoms with Crippen LogP contribution < -0.4 is 24.6 Å². The summed E-state index contributed by atoms with van der Waals surface area (Å²) in [6.45, 7) is 4.88. The average Bonchev–Trinajstić information content (AvgIpc) is 3.36. The van der Waals surface area contributed by atoms with Crippen LogP contribution in [-0.2, 0) is 14.4 Å². The summed E-state index contributed by atoms with van der Waals surface area (Å²) in [5.74, 6) is 1.33. The van der Waals surface area contributed by atoms with Crippen molar-refractivity contribution in [1.29, 1.82) is 0 Å². The van der Waals surface area contributed by atoms with E-state index in [2.05, 4.69) is 10.5 Å². The van der Waals surface area contributed by atoms with Gasteiger partial charge in [0, 0.05) is 11.1 Å². The molecule has 3 aromatic rings. The number of methoxy groups -OCH3 is 3. The minimum Gasteiger partial charge on any atom is -0.493 e. The molecule has 0 atom stereocenters. The van der Waals surface area contributed by atoms with Crippen LogP contribution in [0.15, 0.2) is 47.1 Å². The molecule has 0 spiro atoms. The van der Waals surface area contributed by atoms with Crippen LogP contribution in [0.5, 0.6) is 17.2 Å². The zero-order valence-corrected chi connectivity index (χ0v) is 21.9. The van der Waals surface area contributed by atoms with Crippen molar-refractivity contribution in [2.45, 2.75) is 26.4 Å². The van der Waals surface area contributed by atoms with Crippen molar-refractivity contribution in [2.75, 3.05) is 40.0 Å². The van der Waals surface area contributed by atoms with Crippen LogP contribution in [0.1, 0.15) is 20.8 Å². The van der Waals surface area contributed by atoms with Gasteiger partial charge in [-0.15, -0.1) is 0 Å². The van der Waals surface area contributed by atoms with Crippen molar-refractivity contribution in [2.24, 2.45) is 0 Å². The van der Waals surface area contributed by atoms with Gasteiger partial charge in [0.15, 0.2) is 17.3 Å². The first-order chi connectivity index (χ1) is 17.6. The van der Waals surface area contributed by atoms with Gasteiger partial charge in [-0.05, 0) is 50.6 Å². The highest BCUT2D eigenvalue weighted by Crippen LogP contribution is 2.43. The molecule has 11 heteroatoms. The smallest absolute Gasteiger partial charge is 0.408 e. The Morgan fingerprint density at radius 1 is 0.973 bits per heavy atom. The molecule has 1 N–H and O–H groups in total. The molecule has 0 fully saturated rings. The fourth-order valence-corrected chi connectivity index (χ4v) is 3.55. The molecule has 0 aliphatic carbocycles. The second-order valence-corrected chi connectivity index (χ2v) is 8.76. The fraction of sp³-hybridized carbons (Fsp3) is 0.346. The lowest BCUT2D eigenvalue weighted by atomic mass is 10.0. The number of aromatic nitrogens is 1. The van der Waals surface area contributed by atoms with Gasteiger partial charge in [0.2, 0.25) is 5.75 Å². The van der Waals surface area contributed by atoms with Crippen LogP contribution in [0.25, 0.3) is 22.5 Å². The van der Waals surface area contributed by atoms with E-state index in [1.165, 1.54) is 28.4 Å². The van der Waals surface area contributed by atoms with Gasteiger partial charge in [0.05, 0.1) is 40.3 Å². The summed E-state index contributed by atoms with van der Waals surface area (Å²) in [7, 11) is 5.94. The third-order valence-corrected chi connectivity index (χ3v) is 5.08. The van der Waals surface area contributed by atoms with E-state index in [0.717, 1.165) is 5.06 Å². The Bertz CT molecular complexity index is 1220. The molecule has 2 amide bonds. The molecular formula is C26H31N3O8. The van der Waals surface area contributed by atoms with Crippen molar-refractivity contribution in [3.05, 3.63) is 42.6 Å². The first-order valence-electron chi connectivity index (χ1n) is 11.3. The topological polar surface area (TPSA) is 122 Å². The van der Waals surface area contributed by atoms with Gasteiger partial charge in [0.1, 0.15) is 12.1 Å². The summed E-state index contributed by atoms with van der Waals surface area (Å²) in [5, 5.41) is 7.49. The van der Waals surface area contributed by atoms with Gasteiger partial charge in [-0.25, -0.2) is 4.79 Å². The number of rotatable bonds is 9. The lowest BCUT2D eigenvalue weighted by Crippen LogP contribution is -2.41. The molecule has 0 aliphatic rings. The lowest BCUT2D eigenvalue weighted by Gasteiger charge is -2.22. The van der Waals surface area contributed by atoms with Crippen molar-refractivity contribution in [1.82, 2.24) is 10.5 Å². The van der Waals surface area contributed by atoms with E-state index in [1.54, 1.807) is 57.3 Å². The standard InChI is InChI=1S/C26H31N3O8/c1-26(2,3)36-25(31)27-15-22(30)29(35-7)18-10-8-9-16(11-18)19-14-28-37-23(19)17-12-20(32-4)24(34-6)21(13-17)33-5/h8-14H,15H2,1-7H3,(H,27,31). The van der Waals surface area contributed by atoms with Crippen molar-refractivity contribution < 1.29 is 37.9 Å². The van der Waals surface area contributed by atoms with Gasteiger partial charge in [-0.3, -0.25) is 9.63 Å². The summed E-state index contributed by atoms with van der Waals surface area (Å²) in [6, 6.07) is 10.5. The molecule has 37 heavy (non-hydrogen) atoms. The second-order valence-electron chi connectivity index (χ2n) is 8.76. The molecule has 2 aromatic carbocycles. The Morgan fingerprint density at radius 2 is 1.65 bits per heavy atom. The molecule has 0 radical (unpaired) electrons. The number of hydrogen-bond acceptors (Lipinski definition) is 9. The lowest BCUT2D eigenvalue weighted by molar-refractivity contribution is -0.123. The number of nitrogens with one attached hydrogen (secondary N) is 1. The Labute approximate surface area is 215 Å². The van der Waals surface area contributed by atoms with Gasteiger partial charge in [-0.2, -0.15) is 5.06 Å². The molecule has 0 unspecified atom stereocenters. The normalized spacial score (nSPS) is 11.0. The number of carbonyl (C=O) groups excluding carboxylic acids is 2. The maximum Gasteiger partial charge on any atom is 0.408 e. The number of alkyl carbamates (subject to hydrolysis) is 1. The highest BCUT2D eigenvalue weighted by molar-refractivity contribution is 5.95. The van der Waals surface area contributed by atoms with Crippen LogP contribution in [0.3, 0.4) is 0 Å². The molecular weight excluding hydrogens is 482 g/mol. The number of benzene rings is 2. The van der Waals surface area contributed by atoms with Crippen molar-refractivity contribution >= 4 is 17.7 Å². The number of nitrogens with zero attached hydrogens (tertiary/aromatic N) is 2. The highest BCUT2D eigenvalue weighted by atomic mass is 16.7. The minimum atomic E-state index is -0.704. The van der Waals surface area contributed by atoms with Crippen LogP contribution in [-0.4, -0.2) is 57.7 Å². The largest absolute Gasteiger partial charge is 0.493 e. The van der Waals surface area contributed by atoms with E-state index in [1.807, 2.05) is 6.07 Å². The Kier molecular flexibility index (Phi) is 8.61. The van der Waals surface area contributed by atoms with Crippen molar-refractivity contribution in [3.63, 3.8) is 0 Å². The predicted molar refractivity (Wildman–Crippen MR) is 136 cm³/mol. The molecule has 11 nitrogen and oxygen atoms in total. The third-order valence-electron chi connectivity index (χ3n) is 5.08. The van der Waals surface area contributed by atoms with Crippen LogP contribution in [0.4, 0.5) is 10.5 Å². The van der Waals surface area contributed by atoms with E-state index in [9.17, 15) is 9.59 Å². The number of hydroxylamine groups is 1. The SMILES string of the molecule is COc1cc(-c2oncc2-c2cccc(N(OC)C(=O)CNC(=O)OC(C)(C)C)c2)cc(OC)c1OC. The van der Waals surface area contributed by atoms with Crippen LogP contribution >= 0.6 is 0 Å². The zero-order chi connectivity index (χ0) is 27.2.